The van der Waals surface area contributed by atoms with Gasteiger partial charge in [-0.3, -0.25) is 0 Å². The molecule has 0 aliphatic carbocycles. The minimum absolute atomic E-state index is 0.0174. The molecule has 0 unspecified atom stereocenters. The molecule has 2 N–H and O–H groups in total. The number of aliphatic hydroxyl groups is 2. The fourth-order valence-electron chi connectivity index (χ4n) is 0.528. The van der Waals surface area contributed by atoms with Crippen LogP contribution in [-0.4, -0.2) is 23.4 Å². The van der Waals surface area contributed by atoms with Crippen LogP contribution in [0.25, 0.3) is 0 Å². The van der Waals surface area contributed by atoms with E-state index < -0.39 is 0 Å². The minimum atomic E-state index is -0.0174. The Hall–Kier alpha value is -0.340. The second kappa shape index (κ2) is 5.79. The molecular weight excluding hydrogens is 116 g/mol. The van der Waals surface area contributed by atoms with Crippen molar-refractivity contribution in [3.05, 3.63) is 11.6 Å². The fraction of sp³-hybridized carbons (Fsp3) is 0.714. The monoisotopic (exact) mass is 130 g/mol. The minimum Gasteiger partial charge on any atom is -0.392 e. The van der Waals surface area contributed by atoms with E-state index in [2.05, 4.69) is 6.92 Å². The first-order valence-corrected chi connectivity index (χ1v) is 3.24. The maximum Gasteiger partial charge on any atom is 0.0663 e. The molecule has 0 rings (SSSR count). The molecule has 2 nitrogen and oxygen atoms in total. The predicted octanol–water partition coefficient (Wildman–Crippen LogP) is 0.698. The van der Waals surface area contributed by atoms with E-state index in [0.29, 0.717) is 0 Å². The largest absolute Gasteiger partial charge is 0.392 e. The average Bonchev–Trinajstić information content (AvgIpc) is 1.91. The summed E-state index contributed by atoms with van der Waals surface area (Å²) in [5, 5.41) is 17.0. The first kappa shape index (κ1) is 8.66. The molecule has 0 amide bonds. The molecule has 0 saturated carbocycles. The third-order valence-electron chi connectivity index (χ3n) is 1.13. The average molecular weight is 130 g/mol. The summed E-state index contributed by atoms with van der Waals surface area (Å²) in [5.41, 5.74) is 0.719. The van der Waals surface area contributed by atoms with Gasteiger partial charge in [-0.1, -0.05) is 19.4 Å². The van der Waals surface area contributed by atoms with Crippen molar-refractivity contribution in [1.82, 2.24) is 0 Å². The van der Waals surface area contributed by atoms with Gasteiger partial charge in [0.05, 0.1) is 13.2 Å². The summed E-state index contributed by atoms with van der Waals surface area (Å²) in [6, 6.07) is 0. The van der Waals surface area contributed by atoms with Crippen molar-refractivity contribution in [3.63, 3.8) is 0 Å². The van der Waals surface area contributed by atoms with Gasteiger partial charge in [-0.2, -0.15) is 0 Å². The highest BCUT2D eigenvalue weighted by molar-refractivity contribution is 5.01. The topological polar surface area (TPSA) is 40.5 Å². The van der Waals surface area contributed by atoms with Crippen molar-refractivity contribution in [2.45, 2.75) is 19.8 Å². The number of hydrogen-bond donors (Lipinski definition) is 2. The molecule has 9 heavy (non-hydrogen) atoms. The SMILES string of the molecule is CCCC=C(CO)CO. The standard InChI is InChI=1S/C7H14O2/c1-2-3-4-7(5-8)6-9/h4,8-9H,2-3,5-6H2,1H3. The highest BCUT2D eigenvalue weighted by atomic mass is 16.3. The lowest BCUT2D eigenvalue weighted by molar-refractivity contribution is 0.276. The van der Waals surface area contributed by atoms with Gasteiger partial charge < -0.3 is 10.2 Å². The first-order valence-electron chi connectivity index (χ1n) is 3.24. The molecule has 0 aliphatic rings. The quantitative estimate of drug-likeness (QED) is 0.550. The van der Waals surface area contributed by atoms with Crippen LogP contribution >= 0.6 is 0 Å². The van der Waals surface area contributed by atoms with Gasteiger partial charge in [0.25, 0.3) is 0 Å². The molecule has 0 spiro atoms. The maximum absolute atomic E-state index is 8.52. The van der Waals surface area contributed by atoms with Crippen LogP contribution < -0.4 is 0 Å². The van der Waals surface area contributed by atoms with E-state index in [1.165, 1.54) is 0 Å². The Balaban J connectivity index is 3.48. The fourth-order valence-corrected chi connectivity index (χ4v) is 0.528. The summed E-state index contributed by atoms with van der Waals surface area (Å²) in [4.78, 5) is 0. The highest BCUT2D eigenvalue weighted by Crippen LogP contribution is 1.95. The van der Waals surface area contributed by atoms with Crippen LogP contribution in [0.1, 0.15) is 19.8 Å². The molecule has 0 saturated heterocycles. The summed E-state index contributed by atoms with van der Waals surface area (Å²) >= 11 is 0. The van der Waals surface area contributed by atoms with E-state index in [9.17, 15) is 0 Å². The highest BCUT2D eigenvalue weighted by Gasteiger charge is 1.88. The molecule has 0 fully saturated rings. The first-order chi connectivity index (χ1) is 4.35. The van der Waals surface area contributed by atoms with Gasteiger partial charge in [0.15, 0.2) is 0 Å². The van der Waals surface area contributed by atoms with Crippen molar-refractivity contribution in [3.8, 4) is 0 Å². The van der Waals surface area contributed by atoms with Crippen molar-refractivity contribution < 1.29 is 10.2 Å². The van der Waals surface area contributed by atoms with Gasteiger partial charge in [-0.05, 0) is 12.0 Å². The van der Waals surface area contributed by atoms with Crippen molar-refractivity contribution in [2.75, 3.05) is 13.2 Å². The number of allylic oxidation sites excluding steroid dienone is 1. The van der Waals surface area contributed by atoms with E-state index >= 15 is 0 Å². The molecule has 2 heteroatoms. The second-order valence-corrected chi connectivity index (χ2v) is 1.97. The lowest BCUT2D eigenvalue weighted by Gasteiger charge is -1.95. The molecule has 0 heterocycles. The zero-order valence-corrected chi connectivity index (χ0v) is 5.80. The van der Waals surface area contributed by atoms with Crippen LogP contribution in [0.15, 0.2) is 11.6 Å². The summed E-state index contributed by atoms with van der Waals surface area (Å²) in [7, 11) is 0. The van der Waals surface area contributed by atoms with Crippen molar-refractivity contribution in [2.24, 2.45) is 0 Å². The summed E-state index contributed by atoms with van der Waals surface area (Å²) < 4.78 is 0. The lowest BCUT2D eigenvalue weighted by atomic mass is 10.2. The molecular formula is C7H14O2. The van der Waals surface area contributed by atoms with Gasteiger partial charge in [-0.25, -0.2) is 0 Å². The molecule has 0 aromatic rings. The summed E-state index contributed by atoms with van der Waals surface area (Å²) in [6.45, 7) is 2.02. The van der Waals surface area contributed by atoms with Gasteiger partial charge in [0.2, 0.25) is 0 Å². The zero-order valence-electron chi connectivity index (χ0n) is 5.80. The Kier molecular flexibility index (Phi) is 5.57. The molecule has 0 aromatic heterocycles. The second-order valence-electron chi connectivity index (χ2n) is 1.97. The van der Waals surface area contributed by atoms with Gasteiger partial charge >= 0.3 is 0 Å². The Morgan fingerprint density at radius 3 is 2.22 bits per heavy atom. The zero-order chi connectivity index (χ0) is 7.11. The van der Waals surface area contributed by atoms with Crippen LogP contribution in [0.2, 0.25) is 0 Å². The van der Waals surface area contributed by atoms with E-state index in [1.54, 1.807) is 0 Å². The van der Waals surface area contributed by atoms with E-state index in [-0.39, 0.29) is 13.2 Å². The summed E-state index contributed by atoms with van der Waals surface area (Å²) in [6.07, 6.45) is 3.87. The molecule has 0 aliphatic heterocycles. The van der Waals surface area contributed by atoms with Crippen LogP contribution in [0.5, 0.6) is 0 Å². The third-order valence-corrected chi connectivity index (χ3v) is 1.13. The molecule has 54 valence electrons. The van der Waals surface area contributed by atoms with Gasteiger partial charge in [0.1, 0.15) is 0 Å². The van der Waals surface area contributed by atoms with Crippen molar-refractivity contribution >= 4 is 0 Å². The number of rotatable bonds is 4. The van der Waals surface area contributed by atoms with Gasteiger partial charge in [-0.15, -0.1) is 0 Å². The predicted molar refractivity (Wildman–Crippen MR) is 37.2 cm³/mol. The van der Waals surface area contributed by atoms with Crippen molar-refractivity contribution in [1.29, 1.82) is 0 Å². The Morgan fingerprint density at radius 1 is 1.33 bits per heavy atom. The summed E-state index contributed by atoms with van der Waals surface area (Å²) in [5.74, 6) is 0. The van der Waals surface area contributed by atoms with Crippen LogP contribution in [0, 0.1) is 0 Å². The number of aliphatic hydroxyl groups excluding tert-OH is 2. The third kappa shape index (κ3) is 4.18. The lowest BCUT2D eigenvalue weighted by Crippen LogP contribution is -1.95. The van der Waals surface area contributed by atoms with Crippen LogP contribution in [-0.2, 0) is 0 Å². The van der Waals surface area contributed by atoms with E-state index in [4.69, 9.17) is 10.2 Å². The molecule has 0 atom stereocenters. The Bertz CT molecular complexity index is 80.9. The van der Waals surface area contributed by atoms with E-state index in [0.717, 1.165) is 18.4 Å². The Morgan fingerprint density at radius 2 is 1.89 bits per heavy atom. The smallest absolute Gasteiger partial charge is 0.0663 e. The van der Waals surface area contributed by atoms with E-state index in [1.807, 2.05) is 6.08 Å². The Labute approximate surface area is 55.8 Å². The maximum atomic E-state index is 8.52. The number of unbranched alkanes of at least 4 members (excludes halogenated alkanes) is 1. The van der Waals surface area contributed by atoms with Gasteiger partial charge in [0, 0.05) is 0 Å². The molecule has 0 aromatic carbocycles. The van der Waals surface area contributed by atoms with Crippen LogP contribution in [0.4, 0.5) is 0 Å². The molecule has 0 bridgehead atoms. The van der Waals surface area contributed by atoms with Crippen LogP contribution in [0.3, 0.4) is 0 Å². The normalized spacial score (nSPS) is 9.22. The molecule has 0 radical (unpaired) electrons. The number of hydrogen-bond acceptors (Lipinski definition) is 2.